The zero-order valence-electron chi connectivity index (χ0n) is 24.8. The number of aliphatic hydroxyl groups excluding tert-OH is 2. The Morgan fingerprint density at radius 3 is 0.622 bits per heavy atom. The lowest BCUT2D eigenvalue weighted by atomic mass is 10.0. The van der Waals surface area contributed by atoms with E-state index in [1.165, 1.54) is 154 Å². The molecule has 0 unspecified atom stereocenters. The van der Waals surface area contributed by atoms with Crippen LogP contribution in [0.3, 0.4) is 0 Å². The summed E-state index contributed by atoms with van der Waals surface area (Å²) >= 11 is 0. The van der Waals surface area contributed by atoms with E-state index in [0.717, 1.165) is 12.8 Å². The maximum Gasteiger partial charge on any atom is 0.394 e. The molecular weight excluding hydrogens is 488 g/mol. The quantitative estimate of drug-likeness (QED) is 0.0625. The largest absolute Gasteiger partial charge is 0.396 e. The van der Waals surface area contributed by atoms with Crippen molar-refractivity contribution in [2.24, 2.45) is 0 Å². The monoisotopic (exact) mass is 554 g/mol. The third kappa shape index (κ3) is 61.4. The van der Waals surface area contributed by atoms with Crippen LogP contribution in [-0.4, -0.2) is 41.0 Å². The van der Waals surface area contributed by atoms with Gasteiger partial charge in [-0.1, -0.05) is 168 Å². The summed E-state index contributed by atoms with van der Waals surface area (Å²) in [5.41, 5.74) is 0. The molecule has 0 saturated carbocycles. The van der Waals surface area contributed by atoms with Gasteiger partial charge in [-0.25, -0.2) is 0 Å². The van der Waals surface area contributed by atoms with Crippen molar-refractivity contribution in [3.05, 3.63) is 0 Å². The molecule has 7 heteroatoms. The van der Waals surface area contributed by atoms with Gasteiger partial charge in [0, 0.05) is 13.2 Å². The van der Waals surface area contributed by atoms with Crippen molar-refractivity contribution < 1.29 is 27.7 Å². The molecular formula is C30H66O6S. The first-order chi connectivity index (χ1) is 17.8. The van der Waals surface area contributed by atoms with E-state index in [1.807, 2.05) is 0 Å². The van der Waals surface area contributed by atoms with Crippen LogP contribution in [0.2, 0.25) is 0 Å². The molecule has 0 atom stereocenters. The minimum atomic E-state index is -4.67. The third-order valence-electron chi connectivity index (χ3n) is 6.52. The van der Waals surface area contributed by atoms with Crippen LogP contribution in [0.1, 0.15) is 181 Å². The van der Waals surface area contributed by atoms with Gasteiger partial charge in [0.1, 0.15) is 0 Å². The van der Waals surface area contributed by atoms with Gasteiger partial charge in [-0.3, -0.25) is 9.11 Å². The van der Waals surface area contributed by atoms with Gasteiger partial charge < -0.3 is 10.2 Å². The van der Waals surface area contributed by atoms with Gasteiger partial charge in [0.25, 0.3) is 0 Å². The third-order valence-corrected chi connectivity index (χ3v) is 6.52. The van der Waals surface area contributed by atoms with E-state index in [-0.39, 0.29) is 0 Å². The maximum atomic E-state index is 8.74. The Morgan fingerprint density at radius 1 is 0.351 bits per heavy atom. The van der Waals surface area contributed by atoms with Gasteiger partial charge in [-0.05, 0) is 12.8 Å². The molecule has 228 valence electrons. The zero-order chi connectivity index (χ0) is 28.3. The lowest BCUT2D eigenvalue weighted by Gasteiger charge is -2.02. The first kappa shape index (κ1) is 41.3. The summed E-state index contributed by atoms with van der Waals surface area (Å²) in [5, 5.41) is 17.3. The minimum Gasteiger partial charge on any atom is -0.396 e. The van der Waals surface area contributed by atoms with Crippen molar-refractivity contribution in [3.63, 3.8) is 0 Å². The topological polar surface area (TPSA) is 115 Å². The SMILES string of the molecule is CCCCCCCCCCCCCCCO.CCCCCCCCCCCCCCCO.O=S(=O)(O)O. The molecule has 4 N–H and O–H groups in total. The fourth-order valence-corrected chi connectivity index (χ4v) is 4.26. The fourth-order valence-electron chi connectivity index (χ4n) is 4.26. The molecule has 0 aromatic heterocycles. The predicted octanol–water partition coefficient (Wildman–Crippen LogP) is 9.49. The van der Waals surface area contributed by atoms with E-state index in [4.69, 9.17) is 27.7 Å². The summed E-state index contributed by atoms with van der Waals surface area (Å²) in [6.07, 6.45) is 35.5. The number of hydrogen-bond donors (Lipinski definition) is 4. The molecule has 0 saturated heterocycles. The highest BCUT2D eigenvalue weighted by Crippen LogP contribution is 2.13. The second-order valence-corrected chi connectivity index (χ2v) is 11.3. The Balaban J connectivity index is -0.000000528. The van der Waals surface area contributed by atoms with Crippen molar-refractivity contribution >= 4 is 10.4 Å². The Bertz CT molecular complexity index is 407. The van der Waals surface area contributed by atoms with E-state index in [9.17, 15) is 0 Å². The van der Waals surface area contributed by atoms with Gasteiger partial charge in [0.2, 0.25) is 0 Å². The van der Waals surface area contributed by atoms with E-state index < -0.39 is 10.4 Å². The normalized spacial score (nSPS) is 11.0. The summed E-state index contributed by atoms with van der Waals surface area (Å²) < 4.78 is 31.6. The van der Waals surface area contributed by atoms with Crippen molar-refractivity contribution in [2.45, 2.75) is 181 Å². The molecule has 0 fully saturated rings. The molecule has 0 amide bonds. The van der Waals surface area contributed by atoms with Gasteiger partial charge >= 0.3 is 10.4 Å². The van der Waals surface area contributed by atoms with Crippen LogP contribution in [-0.2, 0) is 10.4 Å². The highest BCUT2D eigenvalue weighted by molar-refractivity contribution is 7.79. The Hall–Kier alpha value is -0.210. The molecule has 0 aliphatic carbocycles. The first-order valence-electron chi connectivity index (χ1n) is 15.7. The molecule has 0 aromatic rings. The lowest BCUT2D eigenvalue weighted by molar-refractivity contribution is 0.282. The fraction of sp³-hybridized carbons (Fsp3) is 1.00. The molecule has 0 radical (unpaired) electrons. The van der Waals surface area contributed by atoms with E-state index in [1.54, 1.807) is 0 Å². The average Bonchev–Trinajstić information content (AvgIpc) is 2.85. The number of rotatable bonds is 26. The molecule has 0 aromatic carbocycles. The zero-order valence-corrected chi connectivity index (χ0v) is 25.6. The molecule has 0 aliphatic rings. The molecule has 0 rings (SSSR count). The van der Waals surface area contributed by atoms with Crippen LogP contribution in [0.15, 0.2) is 0 Å². The first-order valence-corrected chi connectivity index (χ1v) is 17.1. The predicted molar refractivity (Wildman–Crippen MR) is 160 cm³/mol. The van der Waals surface area contributed by atoms with Crippen molar-refractivity contribution in [3.8, 4) is 0 Å². The van der Waals surface area contributed by atoms with E-state index in [0.29, 0.717) is 13.2 Å². The summed E-state index contributed by atoms with van der Waals surface area (Å²) in [6.45, 7) is 5.29. The number of hydrogen-bond acceptors (Lipinski definition) is 4. The number of unbranched alkanes of at least 4 members (excludes halogenated alkanes) is 24. The lowest BCUT2D eigenvalue weighted by Crippen LogP contribution is -1.89. The number of aliphatic hydroxyl groups is 2. The second kappa shape index (κ2) is 37.9. The molecule has 0 spiro atoms. The van der Waals surface area contributed by atoms with Crippen LogP contribution in [0.25, 0.3) is 0 Å². The van der Waals surface area contributed by atoms with Crippen molar-refractivity contribution in [1.29, 1.82) is 0 Å². The average molecular weight is 555 g/mol. The summed E-state index contributed by atoms with van der Waals surface area (Å²) in [6, 6.07) is 0. The van der Waals surface area contributed by atoms with E-state index in [2.05, 4.69) is 13.8 Å². The standard InChI is InChI=1S/2C15H32O.H2O4S/c2*1-2-3-4-5-6-7-8-9-10-11-12-13-14-15-16;1-5(2,3)4/h2*16H,2-15H2,1H3;(H2,1,2,3,4). The maximum absolute atomic E-state index is 8.74. The highest BCUT2D eigenvalue weighted by Gasteiger charge is 1.94. The summed E-state index contributed by atoms with van der Waals surface area (Å²) in [5.74, 6) is 0. The van der Waals surface area contributed by atoms with Gasteiger partial charge in [-0.2, -0.15) is 8.42 Å². The van der Waals surface area contributed by atoms with Gasteiger partial charge in [0.05, 0.1) is 0 Å². The summed E-state index contributed by atoms with van der Waals surface area (Å²) in [7, 11) is -4.67. The van der Waals surface area contributed by atoms with Crippen LogP contribution in [0.5, 0.6) is 0 Å². The molecule has 0 heterocycles. The van der Waals surface area contributed by atoms with Crippen LogP contribution in [0.4, 0.5) is 0 Å². The van der Waals surface area contributed by atoms with Crippen molar-refractivity contribution in [1.82, 2.24) is 0 Å². The molecule has 0 bridgehead atoms. The molecule has 37 heavy (non-hydrogen) atoms. The minimum absolute atomic E-state index is 0.373. The Labute approximate surface area is 232 Å². The van der Waals surface area contributed by atoms with Crippen LogP contribution >= 0.6 is 0 Å². The Morgan fingerprint density at radius 2 is 0.486 bits per heavy atom. The van der Waals surface area contributed by atoms with E-state index >= 15 is 0 Å². The highest BCUT2D eigenvalue weighted by atomic mass is 32.3. The Kier molecular flexibility index (Phi) is 42.3. The summed E-state index contributed by atoms with van der Waals surface area (Å²) in [4.78, 5) is 0. The second-order valence-electron chi connectivity index (χ2n) is 10.4. The van der Waals surface area contributed by atoms with Gasteiger partial charge in [0.15, 0.2) is 0 Å². The smallest absolute Gasteiger partial charge is 0.394 e. The molecule has 6 nitrogen and oxygen atoms in total. The van der Waals surface area contributed by atoms with Crippen LogP contribution < -0.4 is 0 Å². The van der Waals surface area contributed by atoms with Crippen LogP contribution in [0, 0.1) is 0 Å². The van der Waals surface area contributed by atoms with Gasteiger partial charge in [-0.15, -0.1) is 0 Å². The molecule has 0 aliphatic heterocycles. The van der Waals surface area contributed by atoms with Crippen molar-refractivity contribution in [2.75, 3.05) is 13.2 Å².